The Morgan fingerprint density at radius 3 is 2.44 bits per heavy atom. The molecule has 1 fully saturated rings. The zero-order chi connectivity index (χ0) is 12.2. The first-order valence-corrected chi connectivity index (χ1v) is 6.17. The summed E-state index contributed by atoms with van der Waals surface area (Å²) in [4.78, 5) is 14.2. The summed E-state index contributed by atoms with van der Waals surface area (Å²) in [6.45, 7) is 6.12. The van der Waals surface area contributed by atoms with Gasteiger partial charge in [-0.1, -0.05) is 6.92 Å². The van der Waals surface area contributed by atoms with Crippen LogP contribution in [0.1, 0.15) is 33.1 Å². The molecule has 94 valence electrons. The van der Waals surface area contributed by atoms with Crippen molar-refractivity contribution in [1.82, 2.24) is 4.90 Å². The number of nitrogens with zero attached hydrogens (tertiary/aromatic N) is 1. The monoisotopic (exact) mass is 228 g/mol. The van der Waals surface area contributed by atoms with Crippen LogP contribution in [-0.4, -0.2) is 42.2 Å². The quantitative estimate of drug-likeness (QED) is 0.740. The Labute approximate surface area is 97.8 Å². The van der Waals surface area contributed by atoms with Crippen LogP contribution >= 0.6 is 0 Å². The fourth-order valence-electron chi connectivity index (χ4n) is 2.08. The molecule has 3 N–H and O–H groups in total. The van der Waals surface area contributed by atoms with E-state index in [4.69, 9.17) is 10.8 Å². The van der Waals surface area contributed by atoms with E-state index in [1.807, 2.05) is 18.7 Å². The average molecular weight is 228 g/mol. The molecule has 0 radical (unpaired) electrons. The minimum absolute atomic E-state index is 0.175. The molecule has 1 amide bonds. The van der Waals surface area contributed by atoms with E-state index in [0.717, 1.165) is 32.4 Å². The van der Waals surface area contributed by atoms with Crippen LogP contribution in [0.15, 0.2) is 0 Å². The van der Waals surface area contributed by atoms with Crippen LogP contribution in [-0.2, 0) is 4.79 Å². The molecule has 16 heavy (non-hydrogen) atoms. The summed E-state index contributed by atoms with van der Waals surface area (Å²) in [5.41, 5.74) is 5.28. The Kier molecular flexibility index (Phi) is 4.74. The molecule has 0 bridgehead atoms. The Balaban J connectivity index is 2.56. The van der Waals surface area contributed by atoms with Gasteiger partial charge >= 0.3 is 0 Å². The lowest BCUT2D eigenvalue weighted by Crippen LogP contribution is -2.49. The van der Waals surface area contributed by atoms with Gasteiger partial charge < -0.3 is 15.7 Å². The molecule has 1 heterocycles. The van der Waals surface area contributed by atoms with Crippen molar-refractivity contribution in [2.45, 2.75) is 33.1 Å². The summed E-state index contributed by atoms with van der Waals surface area (Å²) < 4.78 is 0. The molecule has 4 heteroatoms. The zero-order valence-electron chi connectivity index (χ0n) is 10.4. The van der Waals surface area contributed by atoms with Crippen LogP contribution in [0, 0.1) is 11.3 Å². The van der Waals surface area contributed by atoms with Gasteiger partial charge in [0.1, 0.15) is 0 Å². The lowest BCUT2D eigenvalue weighted by molar-refractivity contribution is -0.142. The Morgan fingerprint density at radius 2 is 2.06 bits per heavy atom. The number of amides is 1. The SMILES string of the molecule is CCC(C)(CN)C(=O)N1CCC(CO)CC1. The van der Waals surface area contributed by atoms with Crippen molar-refractivity contribution in [1.29, 1.82) is 0 Å². The second-order valence-electron chi connectivity index (χ2n) is 5.04. The van der Waals surface area contributed by atoms with Gasteiger partial charge in [0.15, 0.2) is 0 Å². The number of hydrogen-bond donors (Lipinski definition) is 2. The van der Waals surface area contributed by atoms with E-state index < -0.39 is 5.41 Å². The number of rotatable bonds is 4. The number of aliphatic hydroxyl groups is 1. The molecule has 0 aromatic carbocycles. The highest BCUT2D eigenvalue weighted by atomic mass is 16.3. The molecule has 1 unspecified atom stereocenters. The molecule has 0 aromatic heterocycles. The largest absolute Gasteiger partial charge is 0.396 e. The van der Waals surface area contributed by atoms with Crippen LogP contribution in [0.4, 0.5) is 0 Å². The third kappa shape index (κ3) is 2.74. The minimum Gasteiger partial charge on any atom is -0.396 e. The van der Waals surface area contributed by atoms with Crippen molar-refractivity contribution in [2.24, 2.45) is 17.1 Å². The highest BCUT2D eigenvalue weighted by Crippen LogP contribution is 2.26. The summed E-state index contributed by atoms with van der Waals surface area (Å²) in [5, 5.41) is 9.04. The van der Waals surface area contributed by atoms with Crippen LogP contribution in [0.3, 0.4) is 0 Å². The lowest BCUT2D eigenvalue weighted by atomic mass is 9.85. The van der Waals surface area contributed by atoms with E-state index in [9.17, 15) is 4.79 Å². The van der Waals surface area contributed by atoms with E-state index in [1.165, 1.54) is 0 Å². The fraction of sp³-hybridized carbons (Fsp3) is 0.917. The Hall–Kier alpha value is -0.610. The standard InChI is InChI=1S/C12H24N2O2/c1-3-12(2,9-13)11(16)14-6-4-10(8-15)5-7-14/h10,15H,3-9,13H2,1-2H3. The van der Waals surface area contributed by atoms with E-state index in [1.54, 1.807) is 0 Å². The third-order valence-corrected chi connectivity index (χ3v) is 3.91. The van der Waals surface area contributed by atoms with Gasteiger partial charge in [-0.3, -0.25) is 4.79 Å². The number of nitrogens with two attached hydrogens (primary N) is 1. The van der Waals surface area contributed by atoms with Gasteiger partial charge in [0.2, 0.25) is 5.91 Å². The molecular weight excluding hydrogens is 204 g/mol. The molecule has 1 saturated heterocycles. The van der Waals surface area contributed by atoms with Gasteiger partial charge in [-0.2, -0.15) is 0 Å². The molecule has 0 aliphatic carbocycles. The molecule has 1 aliphatic heterocycles. The molecule has 0 aromatic rings. The number of aliphatic hydroxyl groups excluding tert-OH is 1. The number of carbonyl (C=O) groups is 1. The predicted octanol–water partition coefficient (Wildman–Crippen LogP) is 0.592. The number of carbonyl (C=O) groups excluding carboxylic acids is 1. The van der Waals surface area contributed by atoms with Crippen molar-refractivity contribution < 1.29 is 9.90 Å². The highest BCUT2D eigenvalue weighted by molar-refractivity contribution is 5.82. The van der Waals surface area contributed by atoms with Crippen LogP contribution in [0.25, 0.3) is 0 Å². The highest BCUT2D eigenvalue weighted by Gasteiger charge is 2.35. The molecule has 0 saturated carbocycles. The maximum atomic E-state index is 12.3. The first-order valence-electron chi connectivity index (χ1n) is 6.17. The van der Waals surface area contributed by atoms with E-state index in [2.05, 4.69) is 0 Å². The van der Waals surface area contributed by atoms with E-state index in [-0.39, 0.29) is 12.5 Å². The predicted molar refractivity (Wildman–Crippen MR) is 63.8 cm³/mol. The Morgan fingerprint density at radius 1 is 1.50 bits per heavy atom. The van der Waals surface area contributed by atoms with Crippen molar-refractivity contribution in [3.8, 4) is 0 Å². The summed E-state index contributed by atoms with van der Waals surface area (Å²) in [7, 11) is 0. The Bertz CT molecular complexity index is 231. The maximum absolute atomic E-state index is 12.3. The summed E-state index contributed by atoms with van der Waals surface area (Å²) in [5.74, 6) is 0.545. The zero-order valence-corrected chi connectivity index (χ0v) is 10.4. The van der Waals surface area contributed by atoms with Crippen molar-refractivity contribution in [3.63, 3.8) is 0 Å². The third-order valence-electron chi connectivity index (χ3n) is 3.91. The lowest BCUT2D eigenvalue weighted by Gasteiger charge is -2.37. The smallest absolute Gasteiger partial charge is 0.229 e. The van der Waals surface area contributed by atoms with Gasteiger partial charge in [0.25, 0.3) is 0 Å². The topological polar surface area (TPSA) is 66.6 Å². The van der Waals surface area contributed by atoms with E-state index in [0.29, 0.717) is 12.5 Å². The number of likely N-dealkylation sites (tertiary alicyclic amines) is 1. The van der Waals surface area contributed by atoms with Gasteiger partial charge in [0.05, 0.1) is 5.41 Å². The first-order chi connectivity index (χ1) is 7.57. The number of hydrogen-bond acceptors (Lipinski definition) is 3. The minimum atomic E-state index is -0.411. The first kappa shape index (κ1) is 13.5. The summed E-state index contributed by atoms with van der Waals surface area (Å²) in [6.07, 6.45) is 2.60. The second kappa shape index (κ2) is 5.64. The van der Waals surface area contributed by atoms with Crippen molar-refractivity contribution in [3.05, 3.63) is 0 Å². The molecular formula is C12H24N2O2. The molecule has 1 atom stereocenters. The van der Waals surface area contributed by atoms with Crippen molar-refractivity contribution >= 4 is 5.91 Å². The van der Waals surface area contributed by atoms with Gasteiger partial charge in [-0.15, -0.1) is 0 Å². The van der Waals surface area contributed by atoms with Gasteiger partial charge in [-0.25, -0.2) is 0 Å². The summed E-state index contributed by atoms with van der Waals surface area (Å²) in [6, 6.07) is 0. The molecule has 0 spiro atoms. The molecule has 1 aliphatic rings. The normalized spacial score (nSPS) is 21.9. The summed E-state index contributed by atoms with van der Waals surface area (Å²) >= 11 is 0. The van der Waals surface area contributed by atoms with Crippen molar-refractivity contribution in [2.75, 3.05) is 26.2 Å². The van der Waals surface area contributed by atoms with E-state index >= 15 is 0 Å². The van der Waals surface area contributed by atoms with Crippen LogP contribution in [0.2, 0.25) is 0 Å². The average Bonchev–Trinajstić information content (AvgIpc) is 2.37. The number of piperidine rings is 1. The maximum Gasteiger partial charge on any atom is 0.229 e. The molecule has 4 nitrogen and oxygen atoms in total. The van der Waals surface area contributed by atoms with Gasteiger partial charge in [-0.05, 0) is 32.1 Å². The second-order valence-corrected chi connectivity index (χ2v) is 5.04. The molecule has 1 rings (SSSR count). The van der Waals surface area contributed by atoms with Gasteiger partial charge in [0, 0.05) is 26.2 Å². The van der Waals surface area contributed by atoms with Crippen LogP contribution in [0.5, 0.6) is 0 Å². The fourth-order valence-corrected chi connectivity index (χ4v) is 2.08. The van der Waals surface area contributed by atoms with Crippen LogP contribution < -0.4 is 5.73 Å².